The van der Waals surface area contributed by atoms with E-state index >= 15 is 0 Å². The Morgan fingerprint density at radius 2 is 1.51 bits per heavy atom. The predicted molar refractivity (Wildman–Crippen MR) is 220 cm³/mol. The molecule has 2 N–H and O–H groups in total. The molecule has 0 saturated carbocycles. The van der Waals surface area contributed by atoms with E-state index in [2.05, 4.69) is 20.7 Å². The highest BCUT2D eigenvalue weighted by Crippen LogP contribution is 2.37. The van der Waals surface area contributed by atoms with Crippen LogP contribution < -0.4 is 20.3 Å². The van der Waals surface area contributed by atoms with Crippen molar-refractivity contribution >= 4 is 56.9 Å². The van der Waals surface area contributed by atoms with Crippen LogP contribution in [0.25, 0.3) is 16.8 Å². The number of hydrogen-bond donors (Lipinski definition) is 2. The number of nitrogens with zero attached hydrogens (tertiary/aromatic N) is 4. The average Bonchev–Trinajstić information content (AvgIpc) is 3.59. The first-order valence-corrected chi connectivity index (χ1v) is 20.8. The van der Waals surface area contributed by atoms with Gasteiger partial charge >= 0.3 is 24.3 Å². The second-order valence-corrected chi connectivity index (χ2v) is 18.2. The number of rotatable bonds is 13. The Bertz CT molecular complexity index is 2590. The zero-order valence-corrected chi connectivity index (χ0v) is 35.9. The molecule has 16 nitrogen and oxygen atoms in total. The molecule has 5 aromatic rings. The van der Waals surface area contributed by atoms with Crippen LogP contribution in [-0.4, -0.2) is 84.6 Å². The minimum absolute atomic E-state index is 0.0197. The summed E-state index contributed by atoms with van der Waals surface area (Å²) in [5.41, 5.74) is 0.155. The van der Waals surface area contributed by atoms with Crippen LogP contribution in [0.4, 0.5) is 44.5 Å². The van der Waals surface area contributed by atoms with Gasteiger partial charge < -0.3 is 29.6 Å². The summed E-state index contributed by atoms with van der Waals surface area (Å²) >= 11 is 0. The van der Waals surface area contributed by atoms with Gasteiger partial charge in [0.25, 0.3) is 5.95 Å². The first-order valence-electron chi connectivity index (χ1n) is 18.9. The first kappa shape index (κ1) is 47.3. The van der Waals surface area contributed by atoms with Crippen molar-refractivity contribution in [3.63, 3.8) is 0 Å². The summed E-state index contributed by atoms with van der Waals surface area (Å²) in [6.45, 7) is 6.79. The summed E-state index contributed by atoms with van der Waals surface area (Å²) in [6.07, 6.45) is -4.84. The van der Waals surface area contributed by atoms with E-state index < -0.39 is 92.7 Å². The number of hydrogen-bond acceptors (Lipinski definition) is 12. The van der Waals surface area contributed by atoms with Crippen LogP contribution in [-0.2, 0) is 40.1 Å². The van der Waals surface area contributed by atoms with Crippen LogP contribution >= 0.6 is 0 Å². The minimum Gasteiger partial charge on any atom is -0.482 e. The smallest absolute Gasteiger partial charge is 0.424 e. The predicted octanol–water partition coefficient (Wildman–Crippen LogP) is 7.78. The second-order valence-electron chi connectivity index (χ2n) is 16.1. The molecule has 3 amide bonds. The Morgan fingerprint density at radius 1 is 0.857 bits per heavy atom. The molecule has 5 rings (SSSR count). The molecule has 0 saturated heterocycles. The fourth-order valence-corrected chi connectivity index (χ4v) is 6.33. The van der Waals surface area contributed by atoms with E-state index in [9.17, 15) is 45.2 Å². The number of fused-ring (bicyclic) bond motifs is 1. The van der Waals surface area contributed by atoms with Crippen LogP contribution in [0.2, 0.25) is 0 Å². The largest absolute Gasteiger partial charge is 0.482 e. The van der Waals surface area contributed by atoms with Crippen molar-refractivity contribution in [2.24, 2.45) is 5.41 Å². The number of sulfone groups is 1. The third-order valence-electron chi connectivity index (χ3n) is 8.62. The van der Waals surface area contributed by atoms with E-state index in [0.29, 0.717) is 27.3 Å². The van der Waals surface area contributed by atoms with Crippen molar-refractivity contribution in [1.29, 1.82) is 0 Å². The van der Waals surface area contributed by atoms with Gasteiger partial charge in [0, 0.05) is 29.8 Å². The van der Waals surface area contributed by atoms with Crippen molar-refractivity contribution < 1.29 is 64.1 Å². The topological polar surface area (TPSA) is 197 Å². The third-order valence-corrected chi connectivity index (χ3v) is 9.73. The molecule has 3 aromatic carbocycles. The highest BCUT2D eigenvalue weighted by Gasteiger charge is 2.37. The van der Waals surface area contributed by atoms with Crippen molar-refractivity contribution in [2.75, 3.05) is 29.9 Å². The van der Waals surface area contributed by atoms with E-state index in [0.717, 1.165) is 24.5 Å². The summed E-state index contributed by atoms with van der Waals surface area (Å²) in [5, 5.41) is 9.58. The van der Waals surface area contributed by atoms with Gasteiger partial charge in [-0.05, 0) is 85.8 Å². The summed E-state index contributed by atoms with van der Waals surface area (Å²) in [6, 6.07) is 16.9. The normalized spacial score (nSPS) is 12.6. The Kier molecular flexibility index (Phi) is 14.0. The van der Waals surface area contributed by atoms with Gasteiger partial charge in [0.15, 0.2) is 22.1 Å². The molecule has 0 bridgehead atoms. The van der Waals surface area contributed by atoms with Crippen LogP contribution in [0.15, 0.2) is 90.0 Å². The SMILES string of the molecule is CC(C)(C)OC(=O)N[C@H](C(=O)OCOC(=O)N(c1nc2ccc(-c3ccc(NC(=O)Cc4ccc(F)cc4)cc3)cn2n1)c1ccc(S(C)(=O)=O)cc1OCC(F)(F)F)C(C)(C)C. The van der Waals surface area contributed by atoms with Gasteiger partial charge in [-0.15, -0.1) is 5.10 Å². The fraction of sp³-hybridized carbons (Fsp3) is 0.333. The minimum atomic E-state index is -4.89. The van der Waals surface area contributed by atoms with E-state index in [1.807, 2.05) is 0 Å². The molecule has 63 heavy (non-hydrogen) atoms. The molecule has 0 spiro atoms. The highest BCUT2D eigenvalue weighted by molar-refractivity contribution is 7.90. The van der Waals surface area contributed by atoms with Crippen LogP contribution in [0.1, 0.15) is 47.1 Å². The molecule has 2 heterocycles. The monoisotopic (exact) mass is 900 g/mol. The van der Waals surface area contributed by atoms with Crippen LogP contribution in [0, 0.1) is 11.2 Å². The van der Waals surface area contributed by atoms with Crippen molar-refractivity contribution in [2.45, 2.75) is 70.7 Å². The van der Waals surface area contributed by atoms with Gasteiger partial charge in [-0.25, -0.2) is 36.6 Å². The molecular formula is C42H44F4N6O10S. The van der Waals surface area contributed by atoms with E-state index in [1.165, 1.54) is 41.0 Å². The zero-order chi connectivity index (χ0) is 46.5. The summed E-state index contributed by atoms with van der Waals surface area (Å²) < 4.78 is 100. The van der Waals surface area contributed by atoms with E-state index in [-0.39, 0.29) is 18.0 Å². The summed E-state index contributed by atoms with van der Waals surface area (Å²) in [4.78, 5) is 56.8. The van der Waals surface area contributed by atoms with Crippen LogP contribution in [0.5, 0.6) is 5.75 Å². The second kappa shape index (κ2) is 18.7. The molecule has 0 fully saturated rings. The molecule has 0 aliphatic heterocycles. The summed E-state index contributed by atoms with van der Waals surface area (Å²) in [5.74, 6) is -2.97. The van der Waals surface area contributed by atoms with E-state index in [4.69, 9.17) is 18.9 Å². The highest BCUT2D eigenvalue weighted by atomic mass is 32.2. The molecule has 336 valence electrons. The zero-order valence-electron chi connectivity index (χ0n) is 35.1. The molecule has 0 unspecified atom stereocenters. The number of benzene rings is 3. The van der Waals surface area contributed by atoms with Gasteiger partial charge in [0.05, 0.1) is 17.0 Å². The molecule has 2 aromatic heterocycles. The fourth-order valence-electron chi connectivity index (χ4n) is 5.69. The molecular weight excluding hydrogens is 857 g/mol. The number of ether oxygens (including phenoxy) is 4. The van der Waals surface area contributed by atoms with Gasteiger partial charge in [0.2, 0.25) is 12.7 Å². The lowest BCUT2D eigenvalue weighted by Crippen LogP contribution is -2.51. The Balaban J connectivity index is 1.44. The molecule has 21 heteroatoms. The van der Waals surface area contributed by atoms with Gasteiger partial charge in [0.1, 0.15) is 23.2 Å². The maximum Gasteiger partial charge on any atom is 0.424 e. The quantitative estimate of drug-likeness (QED) is 0.0663. The first-order chi connectivity index (χ1) is 29.3. The molecule has 0 aliphatic rings. The van der Waals surface area contributed by atoms with Crippen LogP contribution in [0.3, 0.4) is 0 Å². The number of alkyl halides is 3. The van der Waals surface area contributed by atoms with Gasteiger partial charge in [-0.1, -0.05) is 45.0 Å². The third kappa shape index (κ3) is 13.4. The number of carbonyl (C=O) groups is 4. The Hall–Kier alpha value is -6.77. The average molecular weight is 901 g/mol. The number of carbonyl (C=O) groups excluding carboxylic acids is 4. The molecule has 1 atom stereocenters. The number of pyridine rings is 1. The Labute approximate surface area is 359 Å². The maximum atomic E-state index is 13.9. The number of alkyl carbamates (subject to hydrolysis) is 1. The number of amides is 3. The maximum absolute atomic E-state index is 13.9. The van der Waals surface area contributed by atoms with E-state index in [1.54, 1.807) is 71.9 Å². The lowest BCUT2D eigenvalue weighted by molar-refractivity contribution is -0.157. The number of anilines is 3. The number of aromatic nitrogens is 3. The lowest BCUT2D eigenvalue weighted by Gasteiger charge is -2.30. The Morgan fingerprint density at radius 3 is 2.11 bits per heavy atom. The lowest BCUT2D eigenvalue weighted by atomic mass is 9.87. The van der Waals surface area contributed by atoms with Crippen molar-refractivity contribution in [1.82, 2.24) is 19.9 Å². The van der Waals surface area contributed by atoms with Crippen molar-refractivity contribution in [3.8, 4) is 16.9 Å². The molecule has 0 aliphatic carbocycles. The standard InChI is InChI=1S/C42H44F4N6O10S/c1-40(2,3)35(49-38(55)62-41(4,5)6)36(54)60-24-61-39(56)52(31-18-17-30(63(7,57)58)21-32(31)59-23-42(44,45)46)37-48-33-19-12-27(22-51(33)50-37)26-10-15-29(16-11-26)47-34(53)20-25-8-13-28(43)14-9-25/h8-19,21-22,35H,20,23-24H2,1-7H3,(H,47,53)(H,49,55)/t35-/m1/s1. The van der Waals surface area contributed by atoms with Gasteiger partial charge in [-0.2, -0.15) is 18.2 Å². The number of esters is 1. The van der Waals surface area contributed by atoms with Gasteiger partial charge in [-0.3, -0.25) is 4.79 Å². The number of halogens is 4. The molecule has 0 radical (unpaired) electrons. The number of nitrogens with one attached hydrogen (secondary N) is 2. The summed E-state index contributed by atoms with van der Waals surface area (Å²) in [7, 11) is -4.00. The van der Waals surface area contributed by atoms with Crippen molar-refractivity contribution in [3.05, 3.63) is 96.4 Å².